The van der Waals surface area contributed by atoms with Crippen molar-refractivity contribution in [2.24, 2.45) is 0 Å². The highest BCUT2D eigenvalue weighted by Gasteiger charge is 2.02. The predicted octanol–water partition coefficient (Wildman–Crippen LogP) is 2.50. The first-order valence-electron chi connectivity index (χ1n) is 17.0. The third-order valence-corrected chi connectivity index (χ3v) is 5.80. The van der Waals surface area contributed by atoms with Gasteiger partial charge in [-0.25, -0.2) is 0 Å². The summed E-state index contributed by atoms with van der Waals surface area (Å²) in [6.45, 7) is 18.0. The molecule has 0 heterocycles. The van der Waals surface area contributed by atoms with Gasteiger partial charge >= 0.3 is 5.97 Å². The van der Waals surface area contributed by atoms with Gasteiger partial charge in [0.1, 0.15) is 6.61 Å². The van der Waals surface area contributed by atoms with Crippen LogP contribution in [0, 0.1) is 0 Å². The van der Waals surface area contributed by atoms with Crippen molar-refractivity contribution in [1.29, 1.82) is 0 Å². The molecule has 0 aromatic heterocycles. The lowest BCUT2D eigenvalue weighted by atomic mass is 10.2. The Morgan fingerprint density at radius 1 is 0.404 bits per heavy atom. The Morgan fingerprint density at radius 2 is 0.660 bits per heavy atom. The molecule has 14 nitrogen and oxygen atoms in total. The smallest absolute Gasteiger partial charge is 0.305 e. The van der Waals surface area contributed by atoms with E-state index in [1.165, 1.54) is 0 Å². The lowest BCUT2D eigenvalue weighted by Crippen LogP contribution is -2.15. The van der Waals surface area contributed by atoms with Crippen LogP contribution in [0.15, 0.2) is 12.7 Å². The van der Waals surface area contributed by atoms with Crippen molar-refractivity contribution in [1.82, 2.24) is 0 Å². The quantitative estimate of drug-likeness (QED) is 0.0529. The average Bonchev–Trinajstić information content (AvgIpc) is 3.08. The highest BCUT2D eigenvalue weighted by molar-refractivity contribution is 5.69. The molecule has 0 saturated carbocycles. The molecule has 0 saturated heterocycles. The highest BCUT2D eigenvalue weighted by Crippen LogP contribution is 2.00. The normalized spacial score (nSPS) is 11.3. The minimum absolute atomic E-state index is 0.160. The van der Waals surface area contributed by atoms with Gasteiger partial charge in [-0.3, -0.25) is 4.79 Å². The van der Waals surface area contributed by atoms with E-state index in [0.717, 1.165) is 19.3 Å². The molecule has 0 radical (unpaired) electrons. The molecule has 0 aliphatic heterocycles. The molecule has 14 heteroatoms. The minimum atomic E-state index is -0.160. The van der Waals surface area contributed by atoms with Crippen LogP contribution in [0.2, 0.25) is 0 Å². The molecule has 0 rings (SSSR count). The Morgan fingerprint density at radius 3 is 0.915 bits per heavy atom. The van der Waals surface area contributed by atoms with E-state index in [9.17, 15) is 4.79 Å². The molecule has 280 valence electrons. The summed E-state index contributed by atoms with van der Waals surface area (Å²) in [5, 5.41) is 0. The SMILES string of the molecule is C=CCOCCOCCOCCOCCOCCOCCOCCOCCOCCOCCOCCOCCOC(=O)CCCCC. The zero-order chi connectivity index (χ0) is 34.0. The first kappa shape index (κ1) is 45.7. The van der Waals surface area contributed by atoms with Crippen molar-refractivity contribution in [2.45, 2.75) is 32.6 Å². The second kappa shape index (κ2) is 42.8. The van der Waals surface area contributed by atoms with E-state index in [2.05, 4.69) is 13.5 Å². The Bertz CT molecular complexity index is 614. The van der Waals surface area contributed by atoms with Gasteiger partial charge in [-0.1, -0.05) is 25.8 Å². The summed E-state index contributed by atoms with van der Waals surface area (Å²) in [4.78, 5) is 11.5. The molecule has 0 aromatic rings. The first-order valence-corrected chi connectivity index (χ1v) is 17.0. The molecular formula is C33H64O14. The molecule has 0 atom stereocenters. The number of hydrogen-bond acceptors (Lipinski definition) is 14. The minimum Gasteiger partial charge on any atom is -0.463 e. The van der Waals surface area contributed by atoms with Crippen LogP contribution < -0.4 is 0 Å². The standard InChI is InChI=1S/C33H64O14/c1-3-5-6-7-33(34)47-32-31-46-30-29-45-28-27-44-26-25-43-24-23-42-22-21-41-20-19-40-18-17-39-16-15-38-14-13-37-12-11-36-10-9-35-8-4-2/h4H,2-3,5-32H2,1H3. The zero-order valence-electron chi connectivity index (χ0n) is 29.0. The van der Waals surface area contributed by atoms with Gasteiger partial charge in [0.05, 0.1) is 159 Å². The van der Waals surface area contributed by atoms with E-state index < -0.39 is 0 Å². The van der Waals surface area contributed by atoms with E-state index in [0.29, 0.717) is 165 Å². The van der Waals surface area contributed by atoms with Crippen molar-refractivity contribution in [3.63, 3.8) is 0 Å². The Hall–Kier alpha value is -1.27. The first-order chi connectivity index (χ1) is 23.3. The number of ether oxygens (including phenoxy) is 13. The maximum Gasteiger partial charge on any atom is 0.305 e. The number of unbranched alkanes of at least 4 members (excludes halogenated alkanes) is 2. The van der Waals surface area contributed by atoms with E-state index >= 15 is 0 Å². The lowest BCUT2D eigenvalue weighted by Gasteiger charge is -2.09. The van der Waals surface area contributed by atoms with Crippen LogP contribution in [0.3, 0.4) is 0 Å². The molecule has 0 aliphatic carbocycles. The zero-order valence-corrected chi connectivity index (χ0v) is 29.0. The predicted molar refractivity (Wildman–Crippen MR) is 175 cm³/mol. The fraction of sp³-hybridized carbons (Fsp3) is 0.909. The second-order valence-corrected chi connectivity index (χ2v) is 9.78. The largest absolute Gasteiger partial charge is 0.463 e. The average molecular weight is 685 g/mol. The fourth-order valence-electron chi connectivity index (χ4n) is 3.39. The van der Waals surface area contributed by atoms with Gasteiger partial charge in [0.25, 0.3) is 0 Å². The molecule has 47 heavy (non-hydrogen) atoms. The van der Waals surface area contributed by atoms with E-state index in [4.69, 9.17) is 61.6 Å². The maximum absolute atomic E-state index is 11.5. The summed E-state index contributed by atoms with van der Waals surface area (Å²) in [7, 11) is 0. The number of hydrogen-bond donors (Lipinski definition) is 0. The van der Waals surface area contributed by atoms with E-state index in [1.54, 1.807) is 6.08 Å². The van der Waals surface area contributed by atoms with Crippen molar-refractivity contribution in [3.05, 3.63) is 12.7 Å². The summed E-state index contributed by atoms with van der Waals surface area (Å²) in [6.07, 6.45) is 5.20. The fourth-order valence-corrected chi connectivity index (χ4v) is 3.39. The van der Waals surface area contributed by atoms with E-state index in [1.807, 2.05) is 0 Å². The van der Waals surface area contributed by atoms with Gasteiger partial charge in [-0.05, 0) is 6.42 Å². The van der Waals surface area contributed by atoms with Crippen LogP contribution in [0.4, 0.5) is 0 Å². The summed E-state index contributed by atoms with van der Waals surface area (Å²) in [5.74, 6) is -0.160. The van der Waals surface area contributed by atoms with Crippen molar-refractivity contribution < 1.29 is 66.4 Å². The molecule has 0 spiro atoms. The van der Waals surface area contributed by atoms with E-state index in [-0.39, 0.29) is 12.6 Å². The topological polar surface area (TPSA) is 137 Å². The third-order valence-electron chi connectivity index (χ3n) is 5.80. The van der Waals surface area contributed by atoms with Gasteiger partial charge in [-0.2, -0.15) is 0 Å². The van der Waals surface area contributed by atoms with Crippen LogP contribution in [-0.4, -0.2) is 171 Å². The monoisotopic (exact) mass is 684 g/mol. The molecule has 0 aliphatic rings. The van der Waals surface area contributed by atoms with Crippen LogP contribution in [0.25, 0.3) is 0 Å². The number of rotatable bonds is 42. The van der Waals surface area contributed by atoms with Crippen LogP contribution in [-0.2, 0) is 66.4 Å². The van der Waals surface area contributed by atoms with Crippen LogP contribution in [0.5, 0.6) is 0 Å². The van der Waals surface area contributed by atoms with Gasteiger partial charge in [0.15, 0.2) is 0 Å². The number of esters is 1. The molecule has 0 N–H and O–H groups in total. The summed E-state index contributed by atoms with van der Waals surface area (Å²) >= 11 is 0. The highest BCUT2D eigenvalue weighted by atomic mass is 16.6. The van der Waals surface area contributed by atoms with Gasteiger partial charge in [0.2, 0.25) is 0 Å². The van der Waals surface area contributed by atoms with Crippen molar-refractivity contribution in [2.75, 3.05) is 165 Å². The van der Waals surface area contributed by atoms with Gasteiger partial charge in [0, 0.05) is 6.42 Å². The summed E-state index contributed by atoms with van der Waals surface area (Å²) < 4.78 is 70.2. The molecule has 0 aromatic carbocycles. The van der Waals surface area contributed by atoms with Gasteiger partial charge < -0.3 is 61.6 Å². The molecule has 0 fully saturated rings. The van der Waals surface area contributed by atoms with Gasteiger partial charge in [-0.15, -0.1) is 6.58 Å². The van der Waals surface area contributed by atoms with Crippen molar-refractivity contribution >= 4 is 5.97 Å². The molecule has 0 amide bonds. The van der Waals surface area contributed by atoms with Crippen LogP contribution >= 0.6 is 0 Å². The Labute approximate surface area is 282 Å². The molecule has 0 unspecified atom stereocenters. The number of carbonyl (C=O) groups excluding carboxylic acids is 1. The second-order valence-electron chi connectivity index (χ2n) is 9.78. The maximum atomic E-state index is 11.5. The van der Waals surface area contributed by atoms with Crippen LogP contribution in [0.1, 0.15) is 32.6 Å². The number of carbonyl (C=O) groups is 1. The summed E-state index contributed by atoms with van der Waals surface area (Å²) in [6, 6.07) is 0. The molecular weight excluding hydrogens is 620 g/mol. The Kier molecular flexibility index (Phi) is 41.6. The molecule has 0 bridgehead atoms. The summed E-state index contributed by atoms with van der Waals surface area (Å²) in [5.41, 5.74) is 0. The van der Waals surface area contributed by atoms with Crippen molar-refractivity contribution in [3.8, 4) is 0 Å². The third kappa shape index (κ3) is 42.7. The lowest BCUT2D eigenvalue weighted by molar-refractivity contribution is -0.145. The Balaban J connectivity index is 3.07.